The van der Waals surface area contributed by atoms with Crippen LogP contribution in [0.3, 0.4) is 0 Å². The summed E-state index contributed by atoms with van der Waals surface area (Å²) < 4.78 is 67.8. The van der Waals surface area contributed by atoms with E-state index in [4.69, 9.17) is 11.5 Å². The van der Waals surface area contributed by atoms with Gasteiger partial charge in [-0.1, -0.05) is 103 Å². The van der Waals surface area contributed by atoms with Crippen LogP contribution in [-0.2, 0) is 31.6 Å². The van der Waals surface area contributed by atoms with E-state index < -0.39 is 31.6 Å². The first-order valence-electron chi connectivity index (χ1n) is 14.0. The van der Waals surface area contributed by atoms with Crippen LogP contribution in [0.25, 0.3) is 20.9 Å². The lowest BCUT2D eigenvalue weighted by Gasteiger charge is -2.30. The number of fused-ring (bicyclic) bond motifs is 2. The average Bonchev–Trinajstić information content (AvgIpc) is 3.03. The lowest BCUT2D eigenvalue weighted by Crippen LogP contribution is -2.37. The van der Waals surface area contributed by atoms with Crippen molar-refractivity contribution in [1.29, 1.82) is 0 Å². The van der Waals surface area contributed by atoms with Gasteiger partial charge in [-0.3, -0.25) is 9.11 Å². The molecule has 0 saturated carbocycles. The summed E-state index contributed by atoms with van der Waals surface area (Å²) in [5.41, 5.74) is 13.6. The second-order valence-corrected chi connectivity index (χ2v) is 13.7. The molecular formula is C32H28N6O6S2. The molecular weight excluding hydrogens is 629 g/mol. The molecule has 6 rings (SSSR count). The molecule has 2 unspecified atom stereocenters. The van der Waals surface area contributed by atoms with Crippen LogP contribution < -0.4 is 11.5 Å². The molecule has 4 aromatic carbocycles. The Morgan fingerprint density at radius 1 is 0.565 bits per heavy atom. The van der Waals surface area contributed by atoms with E-state index in [1.54, 1.807) is 48.5 Å². The number of rotatable bonds is 7. The number of hydrogen-bond donors (Lipinski definition) is 4. The summed E-state index contributed by atoms with van der Waals surface area (Å²) in [7, 11) is -9.03. The van der Waals surface area contributed by atoms with Crippen LogP contribution in [0.4, 0.5) is 11.4 Å². The molecule has 2 atom stereocenters. The Hall–Kier alpha value is -4.70. The van der Waals surface area contributed by atoms with Gasteiger partial charge < -0.3 is 11.5 Å². The number of hydrogen-bond acceptors (Lipinski definition) is 10. The number of azo groups is 2. The van der Waals surface area contributed by atoms with E-state index >= 15 is 0 Å². The number of nitrogens with zero attached hydrogens (tertiary/aromatic N) is 4. The first kappa shape index (κ1) is 31.3. The lowest BCUT2D eigenvalue weighted by molar-refractivity contribution is 0.442. The van der Waals surface area contributed by atoms with Crippen LogP contribution in [0.2, 0.25) is 0 Å². The fourth-order valence-electron chi connectivity index (χ4n) is 5.62. The van der Waals surface area contributed by atoms with Gasteiger partial charge in [0, 0.05) is 40.7 Å². The zero-order valence-electron chi connectivity index (χ0n) is 24.1. The molecule has 0 saturated heterocycles. The summed E-state index contributed by atoms with van der Waals surface area (Å²) in [6.07, 6.45) is 2.49. The summed E-state index contributed by atoms with van der Waals surface area (Å²) in [5, 5.41) is 18.1. The third kappa shape index (κ3) is 5.85. The second-order valence-electron chi connectivity index (χ2n) is 10.9. The molecule has 0 radical (unpaired) electrons. The molecule has 2 aliphatic rings. The van der Waals surface area contributed by atoms with Gasteiger partial charge in [0.05, 0.1) is 9.81 Å². The van der Waals surface area contributed by atoms with Crippen LogP contribution >= 0.6 is 0 Å². The maximum absolute atomic E-state index is 12.1. The van der Waals surface area contributed by atoms with Gasteiger partial charge in [0.15, 0.2) is 11.3 Å². The monoisotopic (exact) mass is 656 g/mol. The lowest BCUT2D eigenvalue weighted by atomic mass is 9.88. The predicted octanol–water partition coefficient (Wildman–Crippen LogP) is 6.41. The maximum atomic E-state index is 12.1. The van der Waals surface area contributed by atoms with Crippen LogP contribution in [-0.4, -0.2) is 25.9 Å². The van der Waals surface area contributed by atoms with Crippen molar-refractivity contribution < 1.29 is 25.9 Å². The van der Waals surface area contributed by atoms with E-state index in [2.05, 4.69) is 20.5 Å². The fraction of sp³-hybridized carbons (Fsp3) is 0.125. The molecule has 0 heterocycles. The quantitative estimate of drug-likeness (QED) is 0.129. The maximum Gasteiger partial charge on any atom is 0.294 e. The third-order valence-electron chi connectivity index (χ3n) is 7.84. The SMILES string of the molecule is NC1(N=Nc2cccc(-c3ccccc3)c2N=NC2(N)CC=C(S(=O)(=O)O)c3ccccc32)CC=C(S(=O)(=O)O)c2ccccc21. The molecule has 46 heavy (non-hydrogen) atoms. The van der Waals surface area contributed by atoms with Crippen LogP contribution in [0.15, 0.2) is 130 Å². The number of nitrogens with two attached hydrogens (primary N) is 2. The highest BCUT2D eigenvalue weighted by atomic mass is 32.2. The molecule has 234 valence electrons. The summed E-state index contributed by atoms with van der Waals surface area (Å²) in [6, 6.07) is 27.6. The van der Waals surface area contributed by atoms with Crippen molar-refractivity contribution in [2.75, 3.05) is 0 Å². The zero-order valence-corrected chi connectivity index (χ0v) is 25.7. The molecule has 0 amide bonds. The molecule has 0 fully saturated rings. The van der Waals surface area contributed by atoms with Gasteiger partial charge in [-0.2, -0.15) is 37.3 Å². The Labute approximate surface area is 265 Å². The van der Waals surface area contributed by atoms with Gasteiger partial charge in [-0.25, -0.2) is 0 Å². The smallest absolute Gasteiger partial charge is 0.294 e. The average molecular weight is 657 g/mol. The van der Waals surface area contributed by atoms with Gasteiger partial charge >= 0.3 is 0 Å². The fourth-order valence-corrected chi connectivity index (χ4v) is 7.12. The van der Waals surface area contributed by atoms with E-state index in [1.165, 1.54) is 24.3 Å². The minimum absolute atomic E-state index is 0.0665. The van der Waals surface area contributed by atoms with Crippen molar-refractivity contribution >= 4 is 41.4 Å². The summed E-state index contributed by atoms with van der Waals surface area (Å²) in [4.78, 5) is -0.516. The van der Waals surface area contributed by atoms with E-state index in [1.807, 2.05) is 36.4 Å². The zero-order chi connectivity index (χ0) is 32.7. The van der Waals surface area contributed by atoms with Crippen molar-refractivity contribution in [3.63, 3.8) is 0 Å². The Morgan fingerprint density at radius 3 is 1.54 bits per heavy atom. The molecule has 0 spiro atoms. The first-order valence-corrected chi connectivity index (χ1v) is 16.9. The number of benzene rings is 4. The van der Waals surface area contributed by atoms with Crippen LogP contribution in [0.1, 0.15) is 35.1 Å². The van der Waals surface area contributed by atoms with E-state index in [0.29, 0.717) is 22.4 Å². The van der Waals surface area contributed by atoms with Gasteiger partial charge in [-0.05, 0) is 11.6 Å². The van der Waals surface area contributed by atoms with Crippen molar-refractivity contribution in [3.05, 3.63) is 131 Å². The predicted molar refractivity (Wildman–Crippen MR) is 174 cm³/mol. The molecule has 6 N–H and O–H groups in total. The summed E-state index contributed by atoms with van der Waals surface area (Å²) in [5.74, 6) is 0. The molecule has 4 aromatic rings. The van der Waals surface area contributed by atoms with E-state index in [-0.39, 0.29) is 39.5 Å². The molecule has 2 aliphatic carbocycles. The molecule has 14 heteroatoms. The Bertz CT molecular complexity index is 2200. The highest BCUT2D eigenvalue weighted by Crippen LogP contribution is 2.44. The van der Waals surface area contributed by atoms with Crippen molar-refractivity contribution in [2.45, 2.75) is 24.2 Å². The Kier molecular flexibility index (Phi) is 7.88. The normalized spacial score (nSPS) is 21.5. The topological polar surface area (TPSA) is 210 Å². The summed E-state index contributed by atoms with van der Waals surface area (Å²) in [6.45, 7) is 0. The molecule has 0 aromatic heterocycles. The van der Waals surface area contributed by atoms with E-state index in [9.17, 15) is 25.9 Å². The van der Waals surface area contributed by atoms with Crippen molar-refractivity contribution in [3.8, 4) is 11.1 Å². The van der Waals surface area contributed by atoms with Gasteiger partial charge in [0.25, 0.3) is 20.2 Å². The molecule has 12 nitrogen and oxygen atoms in total. The molecule has 0 bridgehead atoms. The van der Waals surface area contributed by atoms with Gasteiger partial charge in [-0.15, -0.1) is 0 Å². The minimum atomic E-state index is -4.52. The van der Waals surface area contributed by atoms with Crippen LogP contribution in [0.5, 0.6) is 0 Å². The van der Waals surface area contributed by atoms with Crippen molar-refractivity contribution in [1.82, 2.24) is 0 Å². The first-order chi connectivity index (χ1) is 21.8. The standard InChI is InChI=1S/C32H28N6O6S2/c33-31(19-17-28(45(39,40)41)23-11-4-6-14-25(23)31)37-35-27-16-8-13-22(21-9-2-1-3-10-21)30(27)36-38-32(34)20-18-29(46(42,43)44)24-12-5-7-15-26(24)32/h1-18H,19-20,33-34H2,(H,39,40,41)(H,42,43,44). The summed E-state index contributed by atoms with van der Waals surface area (Å²) >= 11 is 0. The Morgan fingerprint density at radius 2 is 1.02 bits per heavy atom. The largest absolute Gasteiger partial charge is 0.302 e. The minimum Gasteiger partial charge on any atom is -0.302 e. The van der Waals surface area contributed by atoms with E-state index in [0.717, 1.165) is 5.56 Å². The Balaban J connectivity index is 1.46. The van der Waals surface area contributed by atoms with Crippen LogP contribution in [0, 0.1) is 0 Å². The third-order valence-corrected chi connectivity index (χ3v) is 9.72. The van der Waals surface area contributed by atoms with Crippen molar-refractivity contribution in [2.24, 2.45) is 31.9 Å². The van der Waals surface area contributed by atoms with Gasteiger partial charge in [0.2, 0.25) is 0 Å². The highest BCUT2D eigenvalue weighted by molar-refractivity contribution is 7.95. The highest BCUT2D eigenvalue weighted by Gasteiger charge is 2.38. The van der Waals surface area contributed by atoms with Gasteiger partial charge in [0.1, 0.15) is 11.4 Å². The second kappa shape index (κ2) is 11.6. The molecule has 0 aliphatic heterocycles.